The third-order valence-corrected chi connectivity index (χ3v) is 4.18. The maximum atomic E-state index is 11.8. The third-order valence-electron chi connectivity index (χ3n) is 3.46. The van der Waals surface area contributed by atoms with E-state index < -0.39 is 0 Å². The average Bonchev–Trinajstić information content (AvgIpc) is 2.47. The van der Waals surface area contributed by atoms with Crippen LogP contribution in [0.25, 0.3) is 0 Å². The number of rotatable bonds is 1. The van der Waals surface area contributed by atoms with Gasteiger partial charge >= 0.3 is 0 Å². The highest BCUT2D eigenvalue weighted by Crippen LogP contribution is 2.39. The van der Waals surface area contributed by atoms with Crippen LogP contribution in [0.3, 0.4) is 0 Å². The van der Waals surface area contributed by atoms with Crippen molar-refractivity contribution in [2.24, 2.45) is 0 Å². The molecule has 1 N–H and O–H groups in total. The van der Waals surface area contributed by atoms with Crippen LogP contribution < -0.4 is 10.2 Å². The fraction of sp³-hybridized carbons (Fsp3) is 0.188. The SMILES string of the molecule is O=C1CCCN(c2ccccc2)c2cc(Cl)c(Cl)cc2N1. The second-order valence-corrected chi connectivity index (χ2v) is 5.74. The van der Waals surface area contributed by atoms with Gasteiger partial charge in [0.2, 0.25) is 5.91 Å². The Morgan fingerprint density at radius 2 is 1.76 bits per heavy atom. The smallest absolute Gasteiger partial charge is 0.224 e. The monoisotopic (exact) mass is 320 g/mol. The number of amides is 1. The summed E-state index contributed by atoms with van der Waals surface area (Å²) >= 11 is 12.2. The second kappa shape index (κ2) is 5.96. The van der Waals surface area contributed by atoms with Gasteiger partial charge in [-0.05, 0) is 30.7 Å². The molecule has 0 saturated carbocycles. The predicted octanol–water partition coefficient (Wildman–Crippen LogP) is 4.86. The van der Waals surface area contributed by atoms with Crippen molar-refractivity contribution in [1.29, 1.82) is 0 Å². The first-order chi connectivity index (χ1) is 10.1. The van der Waals surface area contributed by atoms with Crippen LogP contribution >= 0.6 is 23.2 Å². The molecule has 1 heterocycles. The Morgan fingerprint density at radius 1 is 1.05 bits per heavy atom. The molecule has 0 radical (unpaired) electrons. The number of nitrogens with zero attached hydrogens (tertiary/aromatic N) is 1. The van der Waals surface area contributed by atoms with Crippen molar-refractivity contribution in [2.75, 3.05) is 16.8 Å². The van der Waals surface area contributed by atoms with Gasteiger partial charge in [0.15, 0.2) is 0 Å². The van der Waals surface area contributed by atoms with E-state index in [1.54, 1.807) is 12.1 Å². The van der Waals surface area contributed by atoms with E-state index in [1.807, 2.05) is 30.3 Å². The molecule has 0 bridgehead atoms. The Hall–Kier alpha value is -1.71. The molecule has 0 unspecified atom stereocenters. The Bertz CT molecular complexity index is 673. The van der Waals surface area contributed by atoms with Crippen LogP contribution in [0.4, 0.5) is 17.1 Å². The molecule has 0 aliphatic carbocycles. The summed E-state index contributed by atoms with van der Waals surface area (Å²) in [7, 11) is 0. The van der Waals surface area contributed by atoms with E-state index in [4.69, 9.17) is 23.2 Å². The van der Waals surface area contributed by atoms with Crippen molar-refractivity contribution in [3.05, 3.63) is 52.5 Å². The lowest BCUT2D eigenvalue weighted by Gasteiger charge is -2.29. The van der Waals surface area contributed by atoms with Gasteiger partial charge < -0.3 is 10.2 Å². The van der Waals surface area contributed by atoms with Crippen LogP contribution in [-0.4, -0.2) is 12.5 Å². The van der Waals surface area contributed by atoms with Crippen LogP contribution in [-0.2, 0) is 4.79 Å². The number of halogens is 2. The summed E-state index contributed by atoms with van der Waals surface area (Å²) in [5.41, 5.74) is 2.62. The van der Waals surface area contributed by atoms with Crippen LogP contribution in [0.15, 0.2) is 42.5 Å². The second-order valence-electron chi connectivity index (χ2n) is 4.92. The van der Waals surface area contributed by atoms with Gasteiger partial charge in [0.1, 0.15) is 0 Å². The first-order valence-corrected chi connectivity index (χ1v) is 7.52. The maximum Gasteiger partial charge on any atom is 0.224 e. The van der Waals surface area contributed by atoms with Crippen molar-refractivity contribution in [3.63, 3.8) is 0 Å². The van der Waals surface area contributed by atoms with Gasteiger partial charge in [-0.1, -0.05) is 41.4 Å². The molecule has 1 amide bonds. The Balaban J connectivity index is 2.13. The van der Waals surface area contributed by atoms with Gasteiger partial charge in [0.05, 0.1) is 21.4 Å². The average molecular weight is 321 g/mol. The first kappa shape index (κ1) is 14.2. The number of hydrogen-bond acceptors (Lipinski definition) is 2. The summed E-state index contributed by atoms with van der Waals surface area (Å²) in [6.45, 7) is 0.752. The molecule has 0 aromatic heterocycles. The van der Waals surface area contributed by atoms with Crippen LogP contribution in [0.5, 0.6) is 0 Å². The molecule has 2 aromatic rings. The van der Waals surface area contributed by atoms with E-state index in [-0.39, 0.29) is 5.91 Å². The number of anilines is 3. The van der Waals surface area contributed by atoms with Gasteiger partial charge in [-0.2, -0.15) is 0 Å². The Morgan fingerprint density at radius 3 is 2.52 bits per heavy atom. The quantitative estimate of drug-likeness (QED) is 0.813. The number of fused-ring (bicyclic) bond motifs is 1. The molecule has 0 spiro atoms. The summed E-state index contributed by atoms with van der Waals surface area (Å²) in [5, 5.41) is 3.82. The number of carbonyl (C=O) groups is 1. The molecule has 1 aliphatic heterocycles. The largest absolute Gasteiger partial charge is 0.340 e. The molecular weight excluding hydrogens is 307 g/mol. The molecule has 3 nitrogen and oxygen atoms in total. The van der Waals surface area contributed by atoms with E-state index >= 15 is 0 Å². The van der Waals surface area contributed by atoms with Gasteiger partial charge in [0, 0.05) is 18.7 Å². The molecule has 0 fully saturated rings. The maximum absolute atomic E-state index is 11.8. The normalized spacial score (nSPS) is 15.0. The molecule has 1 aliphatic rings. The lowest BCUT2D eigenvalue weighted by Crippen LogP contribution is -2.25. The summed E-state index contributed by atoms with van der Waals surface area (Å²) in [6, 6.07) is 13.5. The number of para-hydroxylation sites is 1. The first-order valence-electron chi connectivity index (χ1n) is 6.76. The van der Waals surface area contributed by atoms with Gasteiger partial charge in [-0.25, -0.2) is 0 Å². The van der Waals surface area contributed by atoms with Gasteiger partial charge in [-0.15, -0.1) is 0 Å². The summed E-state index contributed by atoms with van der Waals surface area (Å²) in [5.74, 6) is 0.00218. The van der Waals surface area contributed by atoms with Crippen molar-refractivity contribution in [3.8, 4) is 0 Å². The zero-order valence-corrected chi connectivity index (χ0v) is 12.8. The number of hydrogen-bond donors (Lipinski definition) is 1. The lowest BCUT2D eigenvalue weighted by molar-refractivity contribution is -0.116. The molecule has 5 heteroatoms. The molecule has 0 atom stereocenters. The minimum Gasteiger partial charge on any atom is -0.340 e. The van der Waals surface area contributed by atoms with E-state index in [2.05, 4.69) is 10.2 Å². The molecule has 2 aromatic carbocycles. The van der Waals surface area contributed by atoms with E-state index in [1.165, 1.54) is 0 Å². The Kier molecular flexibility index (Phi) is 4.04. The number of benzene rings is 2. The number of carbonyl (C=O) groups excluding carboxylic acids is 1. The summed E-state index contributed by atoms with van der Waals surface area (Å²) in [4.78, 5) is 14.0. The minimum absolute atomic E-state index is 0.00218. The highest BCUT2D eigenvalue weighted by Gasteiger charge is 2.20. The van der Waals surface area contributed by atoms with E-state index in [0.717, 1.165) is 24.3 Å². The zero-order chi connectivity index (χ0) is 14.8. The fourth-order valence-corrected chi connectivity index (χ4v) is 2.79. The van der Waals surface area contributed by atoms with Crippen molar-refractivity contribution >= 4 is 46.2 Å². The highest BCUT2D eigenvalue weighted by atomic mass is 35.5. The zero-order valence-electron chi connectivity index (χ0n) is 11.3. The molecule has 0 saturated heterocycles. The molecule has 3 rings (SSSR count). The van der Waals surface area contributed by atoms with E-state index in [0.29, 0.717) is 22.2 Å². The lowest BCUT2D eigenvalue weighted by atomic mass is 10.1. The highest BCUT2D eigenvalue weighted by molar-refractivity contribution is 6.42. The van der Waals surface area contributed by atoms with Gasteiger partial charge in [0.25, 0.3) is 0 Å². The topological polar surface area (TPSA) is 32.3 Å². The standard InChI is InChI=1S/C16H14Cl2N2O/c17-12-9-14-15(10-13(12)18)20(8-4-7-16(21)19-14)11-5-2-1-3-6-11/h1-3,5-6,9-10H,4,7-8H2,(H,19,21). The van der Waals surface area contributed by atoms with Crippen LogP contribution in [0.2, 0.25) is 10.0 Å². The summed E-state index contributed by atoms with van der Waals surface area (Å²) < 4.78 is 0. The van der Waals surface area contributed by atoms with Crippen LogP contribution in [0, 0.1) is 0 Å². The molecular formula is C16H14Cl2N2O. The fourth-order valence-electron chi connectivity index (χ4n) is 2.47. The van der Waals surface area contributed by atoms with Crippen molar-refractivity contribution < 1.29 is 4.79 Å². The molecule has 21 heavy (non-hydrogen) atoms. The molecule has 108 valence electrons. The minimum atomic E-state index is 0.00218. The van der Waals surface area contributed by atoms with Crippen molar-refractivity contribution in [2.45, 2.75) is 12.8 Å². The van der Waals surface area contributed by atoms with E-state index in [9.17, 15) is 4.79 Å². The van der Waals surface area contributed by atoms with Crippen molar-refractivity contribution in [1.82, 2.24) is 0 Å². The predicted molar refractivity (Wildman–Crippen MR) is 87.8 cm³/mol. The Labute approximate surface area is 133 Å². The van der Waals surface area contributed by atoms with Gasteiger partial charge in [-0.3, -0.25) is 4.79 Å². The summed E-state index contributed by atoms with van der Waals surface area (Å²) in [6.07, 6.45) is 1.27. The number of nitrogens with one attached hydrogen (secondary N) is 1. The third kappa shape index (κ3) is 2.99. The van der Waals surface area contributed by atoms with Crippen LogP contribution in [0.1, 0.15) is 12.8 Å².